The molecule has 3 aliphatic rings. The summed E-state index contributed by atoms with van der Waals surface area (Å²) in [4.78, 5) is 28.8. The third-order valence-electron chi connectivity index (χ3n) is 7.53. The highest BCUT2D eigenvalue weighted by molar-refractivity contribution is 7.18. The molecule has 7 heteroatoms. The van der Waals surface area contributed by atoms with E-state index >= 15 is 0 Å². The Kier molecular flexibility index (Phi) is 6.77. The molecule has 2 atom stereocenters. The Hall–Kier alpha value is -1.89. The summed E-state index contributed by atoms with van der Waals surface area (Å²) in [5.41, 5.74) is 2.35. The fourth-order valence-corrected chi connectivity index (χ4v) is 6.38. The Morgan fingerprint density at radius 3 is 2.12 bits per heavy atom. The van der Waals surface area contributed by atoms with Crippen LogP contribution in [-0.4, -0.2) is 48.4 Å². The van der Waals surface area contributed by atoms with E-state index in [1.165, 1.54) is 55.7 Å². The maximum atomic E-state index is 13.0. The molecule has 0 bridgehead atoms. The lowest BCUT2D eigenvalue weighted by Gasteiger charge is -2.32. The first-order valence-corrected chi connectivity index (χ1v) is 13.4. The summed E-state index contributed by atoms with van der Waals surface area (Å²) in [7, 11) is 0. The molecule has 5 nitrogen and oxygen atoms in total. The van der Waals surface area contributed by atoms with Crippen LogP contribution in [0, 0.1) is 0 Å². The molecule has 2 amide bonds. The van der Waals surface area contributed by atoms with Crippen LogP contribution in [-0.2, 0) is 5.41 Å². The number of amides is 2. The van der Waals surface area contributed by atoms with Gasteiger partial charge in [-0.2, -0.15) is 0 Å². The average molecular weight is 486 g/mol. The van der Waals surface area contributed by atoms with Gasteiger partial charge in [-0.05, 0) is 81.4 Å². The summed E-state index contributed by atoms with van der Waals surface area (Å²) in [6.45, 7) is 3.60. The van der Waals surface area contributed by atoms with Crippen LogP contribution in [0.2, 0.25) is 4.34 Å². The third kappa shape index (κ3) is 5.28. The Balaban J connectivity index is 1.20. The summed E-state index contributed by atoms with van der Waals surface area (Å²) in [6.07, 6.45) is 8.97. The monoisotopic (exact) mass is 485 g/mol. The van der Waals surface area contributed by atoms with E-state index in [1.807, 2.05) is 12.1 Å². The molecule has 2 unspecified atom stereocenters. The van der Waals surface area contributed by atoms with Gasteiger partial charge < -0.3 is 15.5 Å². The van der Waals surface area contributed by atoms with Gasteiger partial charge in [-0.1, -0.05) is 36.6 Å². The largest absolute Gasteiger partial charge is 0.347 e. The van der Waals surface area contributed by atoms with Crippen molar-refractivity contribution in [3.8, 4) is 0 Å². The van der Waals surface area contributed by atoms with Crippen LogP contribution in [0.3, 0.4) is 0 Å². The molecule has 33 heavy (non-hydrogen) atoms. The lowest BCUT2D eigenvalue weighted by atomic mass is 9.89. The van der Waals surface area contributed by atoms with Crippen molar-refractivity contribution in [1.82, 2.24) is 15.5 Å². The minimum Gasteiger partial charge on any atom is -0.347 e. The number of hydrogen-bond acceptors (Lipinski definition) is 4. The highest BCUT2D eigenvalue weighted by Crippen LogP contribution is 2.49. The van der Waals surface area contributed by atoms with Gasteiger partial charge in [-0.3, -0.25) is 9.59 Å². The van der Waals surface area contributed by atoms with Gasteiger partial charge in [0, 0.05) is 29.6 Å². The fraction of sp³-hybridized carbons (Fsp3) is 0.538. The number of carbonyl (C=O) groups is 2. The predicted octanol–water partition coefficient (Wildman–Crippen LogP) is 5.00. The van der Waals surface area contributed by atoms with E-state index in [4.69, 9.17) is 11.6 Å². The number of thiophene rings is 1. The molecule has 5 rings (SSSR count). The predicted molar refractivity (Wildman–Crippen MR) is 133 cm³/mol. The number of halogens is 1. The van der Waals surface area contributed by atoms with Crippen molar-refractivity contribution in [2.24, 2.45) is 0 Å². The quantitative estimate of drug-likeness (QED) is 0.580. The molecule has 176 valence electrons. The maximum absolute atomic E-state index is 13.0. The van der Waals surface area contributed by atoms with E-state index in [1.54, 1.807) is 12.1 Å². The second-order valence-electron chi connectivity index (χ2n) is 9.89. The molecule has 0 spiro atoms. The molecular formula is C26H32ClN3O2S. The Labute approximate surface area is 204 Å². The second kappa shape index (κ2) is 9.77. The molecule has 2 saturated carbocycles. The zero-order valence-corrected chi connectivity index (χ0v) is 20.5. The average Bonchev–Trinajstić information content (AvgIpc) is 3.18. The van der Waals surface area contributed by atoms with Crippen molar-refractivity contribution in [2.75, 3.05) is 19.6 Å². The van der Waals surface area contributed by atoms with Gasteiger partial charge in [0.25, 0.3) is 11.8 Å². The highest BCUT2D eigenvalue weighted by Gasteiger charge is 2.45. The van der Waals surface area contributed by atoms with Crippen LogP contribution < -0.4 is 10.6 Å². The lowest BCUT2D eigenvalue weighted by molar-refractivity contribution is 0.0865. The van der Waals surface area contributed by atoms with E-state index in [0.29, 0.717) is 20.2 Å². The molecule has 0 radical (unpaired) electrons. The van der Waals surface area contributed by atoms with Crippen molar-refractivity contribution in [3.63, 3.8) is 0 Å². The van der Waals surface area contributed by atoms with Crippen molar-refractivity contribution in [2.45, 2.75) is 68.9 Å². The first-order chi connectivity index (χ1) is 16.0. The molecule has 1 saturated heterocycles. The van der Waals surface area contributed by atoms with Crippen LogP contribution in [0.5, 0.6) is 0 Å². The lowest BCUT2D eigenvalue weighted by Crippen LogP contribution is -2.53. The Morgan fingerprint density at radius 1 is 0.909 bits per heavy atom. The van der Waals surface area contributed by atoms with Gasteiger partial charge in [-0.25, -0.2) is 0 Å². The first kappa shape index (κ1) is 22.9. The van der Waals surface area contributed by atoms with Gasteiger partial charge in [0.05, 0.1) is 9.21 Å². The number of benzene rings is 1. The molecule has 2 aromatic rings. The van der Waals surface area contributed by atoms with Gasteiger partial charge in [0.2, 0.25) is 0 Å². The molecular weight excluding hydrogens is 454 g/mol. The van der Waals surface area contributed by atoms with Crippen molar-refractivity contribution in [1.29, 1.82) is 0 Å². The Morgan fingerprint density at radius 2 is 1.55 bits per heavy atom. The van der Waals surface area contributed by atoms with Gasteiger partial charge in [0.15, 0.2) is 0 Å². The summed E-state index contributed by atoms with van der Waals surface area (Å²) >= 11 is 7.25. The number of carbonyl (C=O) groups excluding carboxylic acids is 2. The van der Waals surface area contributed by atoms with E-state index < -0.39 is 0 Å². The summed E-state index contributed by atoms with van der Waals surface area (Å²) in [5.74, 6) is -0.175. The fourth-order valence-electron chi connectivity index (χ4n) is 5.44. The molecule has 3 fully saturated rings. The minimum absolute atomic E-state index is 0.0590. The van der Waals surface area contributed by atoms with Gasteiger partial charge in [-0.15, -0.1) is 11.3 Å². The smallest absolute Gasteiger partial charge is 0.261 e. The summed E-state index contributed by atoms with van der Waals surface area (Å²) in [5, 5.41) is 6.32. The second-order valence-corrected chi connectivity index (χ2v) is 11.6. The molecule has 1 aliphatic heterocycles. The molecule has 2 aliphatic carbocycles. The first-order valence-electron chi connectivity index (χ1n) is 12.2. The SMILES string of the molecule is O=C(NC1CCCCC1NC(=O)c1ccc(Cl)s1)c1ccc(C2(CN3CCCC3)CC2)cc1. The zero-order chi connectivity index (χ0) is 22.8. The van der Waals surface area contributed by atoms with E-state index in [0.717, 1.165) is 32.2 Å². The van der Waals surface area contributed by atoms with Crippen LogP contribution in [0.15, 0.2) is 36.4 Å². The number of likely N-dealkylation sites (tertiary alicyclic amines) is 1. The van der Waals surface area contributed by atoms with Crippen molar-refractivity contribution in [3.05, 3.63) is 56.7 Å². The number of nitrogens with zero attached hydrogens (tertiary/aromatic N) is 1. The number of nitrogens with one attached hydrogen (secondary N) is 2. The highest BCUT2D eigenvalue weighted by atomic mass is 35.5. The van der Waals surface area contributed by atoms with Crippen LogP contribution in [0.25, 0.3) is 0 Å². The van der Waals surface area contributed by atoms with Crippen molar-refractivity contribution < 1.29 is 9.59 Å². The standard InChI is InChI=1S/C26H32ClN3O2S/c27-23-12-11-22(33-23)25(32)29-21-6-2-1-5-20(21)28-24(31)18-7-9-19(10-8-18)26(13-14-26)17-30-15-3-4-16-30/h7-12,20-21H,1-6,13-17H2,(H,28,31)(H,29,32). The maximum Gasteiger partial charge on any atom is 0.261 e. The van der Waals surface area contributed by atoms with Crippen LogP contribution in [0.4, 0.5) is 0 Å². The summed E-state index contributed by atoms with van der Waals surface area (Å²) < 4.78 is 0.602. The minimum atomic E-state index is -0.116. The molecule has 2 heterocycles. The van der Waals surface area contributed by atoms with E-state index in [-0.39, 0.29) is 23.9 Å². The normalized spacial score (nSPS) is 24.4. The zero-order valence-electron chi connectivity index (χ0n) is 18.9. The number of hydrogen-bond donors (Lipinski definition) is 2. The molecule has 2 N–H and O–H groups in total. The topological polar surface area (TPSA) is 61.4 Å². The van der Waals surface area contributed by atoms with E-state index in [2.05, 4.69) is 27.7 Å². The Bertz CT molecular complexity index is 995. The van der Waals surface area contributed by atoms with Crippen LogP contribution >= 0.6 is 22.9 Å². The van der Waals surface area contributed by atoms with Crippen molar-refractivity contribution >= 4 is 34.8 Å². The van der Waals surface area contributed by atoms with Crippen LogP contribution in [0.1, 0.15) is 77.0 Å². The number of rotatable bonds is 7. The van der Waals surface area contributed by atoms with Gasteiger partial charge in [0.1, 0.15) is 0 Å². The van der Waals surface area contributed by atoms with Gasteiger partial charge >= 0.3 is 0 Å². The molecule has 1 aromatic heterocycles. The van der Waals surface area contributed by atoms with E-state index in [9.17, 15) is 9.59 Å². The summed E-state index contributed by atoms with van der Waals surface area (Å²) in [6, 6.07) is 11.6. The third-order valence-corrected chi connectivity index (χ3v) is 8.76. The molecule has 1 aromatic carbocycles.